The number of ether oxygens (including phenoxy) is 4. The highest BCUT2D eigenvalue weighted by atomic mass is 19.4. The van der Waals surface area contributed by atoms with Crippen molar-refractivity contribution in [3.63, 3.8) is 0 Å². The van der Waals surface area contributed by atoms with Crippen molar-refractivity contribution in [1.29, 1.82) is 0 Å². The molecule has 1 spiro atoms. The van der Waals surface area contributed by atoms with Crippen LogP contribution in [0.4, 0.5) is 13.2 Å². The van der Waals surface area contributed by atoms with Crippen LogP contribution in [0.2, 0.25) is 0 Å². The van der Waals surface area contributed by atoms with Crippen molar-refractivity contribution in [2.75, 3.05) is 39.7 Å². The lowest BCUT2D eigenvalue weighted by molar-refractivity contribution is -0.192. The number of hydrogen-bond acceptors (Lipinski definition) is 6. The van der Waals surface area contributed by atoms with E-state index >= 15 is 0 Å². The van der Waals surface area contributed by atoms with Crippen LogP contribution in [0.25, 0.3) is 0 Å². The molecule has 178 valence electrons. The number of aliphatic carboxylic acids is 1. The first-order valence-electron chi connectivity index (χ1n) is 10.9. The molecule has 3 aliphatic heterocycles. The Morgan fingerprint density at radius 1 is 1.19 bits per heavy atom. The van der Waals surface area contributed by atoms with Crippen LogP contribution < -0.4 is 9.47 Å². The van der Waals surface area contributed by atoms with Gasteiger partial charge in [-0.3, -0.25) is 4.90 Å². The van der Waals surface area contributed by atoms with E-state index in [1.165, 1.54) is 24.8 Å². The van der Waals surface area contributed by atoms with Crippen LogP contribution in [0.15, 0.2) is 18.2 Å². The first-order chi connectivity index (χ1) is 15.2. The van der Waals surface area contributed by atoms with Gasteiger partial charge in [-0.2, -0.15) is 13.2 Å². The summed E-state index contributed by atoms with van der Waals surface area (Å²) in [7, 11) is 0. The second-order valence-corrected chi connectivity index (χ2v) is 8.84. The number of likely N-dealkylation sites (tertiary alicyclic amines) is 1. The summed E-state index contributed by atoms with van der Waals surface area (Å²) in [6.07, 6.45) is -0.0220. The van der Waals surface area contributed by atoms with E-state index in [9.17, 15) is 13.2 Å². The van der Waals surface area contributed by atoms with Gasteiger partial charge >= 0.3 is 12.1 Å². The third-order valence-corrected chi connectivity index (χ3v) is 6.33. The molecular weight excluding hydrogens is 431 g/mol. The lowest BCUT2D eigenvalue weighted by Crippen LogP contribution is -2.64. The van der Waals surface area contributed by atoms with Gasteiger partial charge in [0, 0.05) is 39.5 Å². The van der Waals surface area contributed by atoms with Gasteiger partial charge in [0.25, 0.3) is 0 Å². The van der Waals surface area contributed by atoms with E-state index in [0.717, 1.165) is 63.3 Å². The maximum absolute atomic E-state index is 10.6. The minimum absolute atomic E-state index is 0.0826. The minimum atomic E-state index is -5.08. The Morgan fingerprint density at radius 2 is 1.91 bits per heavy atom. The van der Waals surface area contributed by atoms with E-state index in [1.54, 1.807) is 0 Å². The van der Waals surface area contributed by atoms with Crippen molar-refractivity contribution >= 4 is 5.97 Å². The van der Waals surface area contributed by atoms with Gasteiger partial charge in [0.05, 0.1) is 5.60 Å². The number of hydrogen-bond donors (Lipinski definition) is 1. The lowest BCUT2D eigenvalue weighted by atomic mass is 9.79. The summed E-state index contributed by atoms with van der Waals surface area (Å²) in [5.41, 5.74) is 1.36. The van der Waals surface area contributed by atoms with Gasteiger partial charge in [-0.25, -0.2) is 4.79 Å². The predicted octanol–water partition coefficient (Wildman–Crippen LogP) is 3.46. The van der Waals surface area contributed by atoms with E-state index in [2.05, 4.69) is 17.0 Å². The number of rotatable bonds is 7. The van der Waals surface area contributed by atoms with Crippen LogP contribution >= 0.6 is 0 Å². The van der Waals surface area contributed by atoms with Crippen molar-refractivity contribution in [2.45, 2.75) is 44.0 Å². The van der Waals surface area contributed by atoms with Gasteiger partial charge in [0.1, 0.15) is 0 Å². The molecule has 1 unspecified atom stereocenters. The van der Waals surface area contributed by atoms with Crippen LogP contribution in [-0.4, -0.2) is 67.5 Å². The molecule has 1 N–H and O–H groups in total. The average molecular weight is 459 g/mol. The van der Waals surface area contributed by atoms with Crippen LogP contribution in [-0.2, 0) is 20.8 Å². The topological polar surface area (TPSA) is 77.5 Å². The van der Waals surface area contributed by atoms with Crippen LogP contribution in [0.5, 0.6) is 11.5 Å². The molecule has 1 aromatic carbocycles. The molecule has 0 bridgehead atoms. The molecule has 10 heteroatoms. The number of fused-ring (bicyclic) bond motifs is 1. The second kappa shape index (κ2) is 9.44. The first-order valence-corrected chi connectivity index (χ1v) is 10.9. The smallest absolute Gasteiger partial charge is 0.475 e. The Morgan fingerprint density at radius 3 is 2.59 bits per heavy atom. The molecule has 7 nitrogen and oxygen atoms in total. The number of carbonyl (C=O) groups is 1. The van der Waals surface area contributed by atoms with Crippen LogP contribution in [0, 0.1) is 11.8 Å². The van der Waals surface area contributed by atoms with Crippen molar-refractivity contribution < 1.29 is 42.0 Å². The number of carboxylic acids is 1. The zero-order valence-electron chi connectivity index (χ0n) is 17.7. The van der Waals surface area contributed by atoms with E-state index < -0.39 is 12.1 Å². The van der Waals surface area contributed by atoms with E-state index in [-0.39, 0.29) is 5.60 Å². The van der Waals surface area contributed by atoms with E-state index in [4.69, 9.17) is 28.8 Å². The molecule has 0 aromatic heterocycles. The molecule has 0 amide bonds. The van der Waals surface area contributed by atoms with Crippen molar-refractivity contribution in [3.05, 3.63) is 23.8 Å². The average Bonchev–Trinajstić information content (AvgIpc) is 3.25. The van der Waals surface area contributed by atoms with Gasteiger partial charge in [0.15, 0.2) is 11.5 Å². The Balaban J connectivity index is 0.000000307. The summed E-state index contributed by atoms with van der Waals surface area (Å²) < 4.78 is 54.6. The zero-order chi connectivity index (χ0) is 22.8. The number of nitrogens with zero attached hydrogens (tertiary/aromatic N) is 1. The molecule has 1 atom stereocenters. The summed E-state index contributed by atoms with van der Waals surface area (Å²) in [6.45, 7) is 6.14. The minimum Gasteiger partial charge on any atom is -0.475 e. The first kappa shape index (κ1) is 23.1. The molecule has 1 aromatic rings. The molecule has 1 saturated carbocycles. The van der Waals surface area contributed by atoms with Gasteiger partial charge in [0.2, 0.25) is 6.79 Å². The third kappa shape index (κ3) is 5.65. The van der Waals surface area contributed by atoms with Gasteiger partial charge < -0.3 is 24.1 Å². The number of carboxylic acid groups (broad SMARTS) is 1. The molecule has 32 heavy (non-hydrogen) atoms. The standard InChI is InChI=1S/C20H27NO4.C2HF3O2/c1-2-15(1)11-22-7-5-17-6-8-25-20(17)12-21(13-20)10-16-3-4-18-19(9-16)24-14-23-18;3-2(4,5)1(6)7/h3-4,9,15,17H,1-2,5-8,10-14H2;(H,6,7). The Bertz CT molecular complexity index is 807. The van der Waals surface area contributed by atoms with Crippen molar-refractivity contribution in [2.24, 2.45) is 11.8 Å². The van der Waals surface area contributed by atoms with Crippen LogP contribution in [0.1, 0.15) is 31.2 Å². The fourth-order valence-electron chi connectivity index (χ4n) is 4.42. The zero-order valence-corrected chi connectivity index (χ0v) is 17.7. The van der Waals surface area contributed by atoms with Crippen LogP contribution in [0.3, 0.4) is 0 Å². The lowest BCUT2D eigenvalue weighted by Gasteiger charge is -2.50. The number of alkyl halides is 3. The van der Waals surface area contributed by atoms with Gasteiger partial charge in [-0.15, -0.1) is 0 Å². The summed E-state index contributed by atoms with van der Waals surface area (Å²) in [5, 5.41) is 7.12. The molecule has 4 aliphatic rings. The monoisotopic (exact) mass is 459 g/mol. The highest BCUT2D eigenvalue weighted by molar-refractivity contribution is 5.73. The molecule has 3 fully saturated rings. The second-order valence-electron chi connectivity index (χ2n) is 8.84. The normalized spacial score (nSPS) is 23.5. The quantitative estimate of drug-likeness (QED) is 0.626. The van der Waals surface area contributed by atoms with E-state index in [0.29, 0.717) is 12.7 Å². The predicted molar refractivity (Wildman–Crippen MR) is 106 cm³/mol. The fraction of sp³-hybridized carbons (Fsp3) is 0.682. The fourth-order valence-corrected chi connectivity index (χ4v) is 4.42. The highest BCUT2D eigenvalue weighted by Crippen LogP contribution is 2.43. The number of halogens is 3. The SMILES string of the molecule is O=C(O)C(F)(F)F.c1cc2c(cc1CN1CC3(C1)OCCC3CCOCC1CC1)OCO2. The molecule has 0 radical (unpaired) electrons. The highest BCUT2D eigenvalue weighted by Gasteiger charge is 2.52. The Kier molecular flexibility index (Phi) is 6.83. The third-order valence-electron chi connectivity index (χ3n) is 6.33. The van der Waals surface area contributed by atoms with Crippen molar-refractivity contribution in [3.8, 4) is 11.5 Å². The van der Waals surface area contributed by atoms with E-state index in [1.807, 2.05) is 6.07 Å². The maximum atomic E-state index is 10.6. The molecule has 2 saturated heterocycles. The summed E-state index contributed by atoms with van der Waals surface area (Å²) in [4.78, 5) is 11.4. The van der Waals surface area contributed by atoms with Gasteiger partial charge in [-0.1, -0.05) is 6.07 Å². The Labute approximate surface area is 184 Å². The summed E-state index contributed by atoms with van der Waals surface area (Å²) >= 11 is 0. The largest absolute Gasteiger partial charge is 0.490 e. The molecule has 3 heterocycles. The van der Waals surface area contributed by atoms with Gasteiger partial charge in [-0.05, 0) is 55.2 Å². The molecule has 5 rings (SSSR count). The molecular formula is C22H28F3NO6. The maximum Gasteiger partial charge on any atom is 0.490 e. The summed E-state index contributed by atoms with van der Waals surface area (Å²) in [6, 6.07) is 6.25. The molecule has 1 aliphatic carbocycles. The van der Waals surface area contributed by atoms with Crippen molar-refractivity contribution in [1.82, 2.24) is 4.90 Å². The summed E-state index contributed by atoms with van der Waals surface area (Å²) in [5.74, 6) is 0.478. The Hall–Kier alpha value is -2.04. The number of benzene rings is 1.